The summed E-state index contributed by atoms with van der Waals surface area (Å²) < 4.78 is 7.92. The molecule has 34 heavy (non-hydrogen) atoms. The normalized spacial score (nSPS) is 10.0. The molecule has 1 heterocycles. The summed E-state index contributed by atoms with van der Waals surface area (Å²) in [5.41, 5.74) is 4.59. The molecular formula is C26H25N3O5. The van der Waals surface area contributed by atoms with Crippen molar-refractivity contribution in [2.45, 2.75) is 13.2 Å². The standard InChI is InChI=1S/C24H23N3O.C2H2O4/c1-27-23(21-10-6-3-7-11-21)17-26-24(27)25-16-19-12-14-22(15-13-19)28-18-20-8-4-2-5-9-20;3-1(4)2(5)6/h2-15,17H,16,18H2,1H3,(H,25,26);(H,3,4)(H,5,6). The molecular weight excluding hydrogens is 434 g/mol. The van der Waals surface area contributed by atoms with E-state index in [1.54, 1.807) is 0 Å². The highest BCUT2D eigenvalue weighted by molar-refractivity contribution is 6.27. The molecule has 8 heteroatoms. The molecule has 0 aliphatic heterocycles. The van der Waals surface area contributed by atoms with Gasteiger partial charge >= 0.3 is 11.9 Å². The van der Waals surface area contributed by atoms with E-state index in [0.29, 0.717) is 13.2 Å². The molecule has 0 saturated heterocycles. The third-order valence-electron chi connectivity index (χ3n) is 4.86. The van der Waals surface area contributed by atoms with E-state index in [1.165, 1.54) is 5.56 Å². The van der Waals surface area contributed by atoms with Gasteiger partial charge in [-0.05, 0) is 28.8 Å². The van der Waals surface area contributed by atoms with E-state index in [9.17, 15) is 0 Å². The van der Waals surface area contributed by atoms with Crippen LogP contribution in [0.25, 0.3) is 11.3 Å². The highest BCUT2D eigenvalue weighted by atomic mass is 16.5. The number of carboxylic acid groups (broad SMARTS) is 2. The van der Waals surface area contributed by atoms with Crippen molar-refractivity contribution in [3.05, 3.63) is 102 Å². The van der Waals surface area contributed by atoms with Crippen LogP contribution in [0.2, 0.25) is 0 Å². The Labute approximate surface area is 197 Å². The first-order valence-electron chi connectivity index (χ1n) is 10.5. The largest absolute Gasteiger partial charge is 0.489 e. The predicted octanol–water partition coefficient (Wildman–Crippen LogP) is 4.43. The van der Waals surface area contributed by atoms with Crippen LogP contribution in [0.15, 0.2) is 91.1 Å². The van der Waals surface area contributed by atoms with Gasteiger partial charge in [0.25, 0.3) is 0 Å². The van der Waals surface area contributed by atoms with Crippen LogP contribution in [0.4, 0.5) is 5.95 Å². The van der Waals surface area contributed by atoms with Crippen LogP contribution < -0.4 is 10.1 Å². The van der Waals surface area contributed by atoms with E-state index in [-0.39, 0.29) is 0 Å². The van der Waals surface area contributed by atoms with Crippen LogP contribution in [-0.4, -0.2) is 31.7 Å². The van der Waals surface area contributed by atoms with Gasteiger partial charge < -0.3 is 24.8 Å². The lowest BCUT2D eigenvalue weighted by atomic mass is 10.2. The second kappa shape index (κ2) is 11.9. The smallest absolute Gasteiger partial charge is 0.414 e. The topological polar surface area (TPSA) is 114 Å². The summed E-state index contributed by atoms with van der Waals surface area (Å²) in [6.07, 6.45) is 1.90. The molecule has 174 valence electrons. The number of aromatic nitrogens is 2. The summed E-state index contributed by atoms with van der Waals surface area (Å²) in [5, 5.41) is 18.2. The van der Waals surface area contributed by atoms with Crippen LogP contribution in [0.3, 0.4) is 0 Å². The predicted molar refractivity (Wildman–Crippen MR) is 128 cm³/mol. The number of hydrogen-bond donors (Lipinski definition) is 3. The lowest BCUT2D eigenvalue weighted by Gasteiger charge is -2.10. The molecule has 0 amide bonds. The molecule has 0 bridgehead atoms. The van der Waals surface area contributed by atoms with Crippen molar-refractivity contribution in [2.75, 3.05) is 5.32 Å². The van der Waals surface area contributed by atoms with Gasteiger partial charge in [0.2, 0.25) is 5.95 Å². The van der Waals surface area contributed by atoms with Gasteiger partial charge in [0.05, 0.1) is 11.9 Å². The van der Waals surface area contributed by atoms with Gasteiger partial charge in [0, 0.05) is 13.6 Å². The first-order chi connectivity index (χ1) is 16.4. The summed E-state index contributed by atoms with van der Waals surface area (Å²) >= 11 is 0. The minimum atomic E-state index is -1.82. The molecule has 0 saturated carbocycles. The van der Waals surface area contributed by atoms with Crippen molar-refractivity contribution in [3.63, 3.8) is 0 Å². The number of benzene rings is 3. The van der Waals surface area contributed by atoms with Crippen molar-refractivity contribution in [1.82, 2.24) is 9.55 Å². The first-order valence-corrected chi connectivity index (χ1v) is 10.5. The average Bonchev–Trinajstić information content (AvgIpc) is 3.23. The van der Waals surface area contributed by atoms with Crippen molar-refractivity contribution in [1.29, 1.82) is 0 Å². The van der Waals surface area contributed by atoms with Crippen molar-refractivity contribution >= 4 is 17.9 Å². The Hall–Kier alpha value is -4.59. The zero-order valence-electron chi connectivity index (χ0n) is 18.6. The number of ether oxygens (including phenoxy) is 1. The number of aliphatic carboxylic acids is 2. The van der Waals surface area contributed by atoms with Crippen molar-refractivity contribution in [2.24, 2.45) is 7.05 Å². The van der Waals surface area contributed by atoms with E-state index in [4.69, 9.17) is 24.5 Å². The van der Waals surface area contributed by atoms with Crippen LogP contribution in [0, 0.1) is 0 Å². The van der Waals surface area contributed by atoms with Crippen LogP contribution in [-0.2, 0) is 29.8 Å². The lowest BCUT2D eigenvalue weighted by molar-refractivity contribution is -0.159. The molecule has 4 aromatic rings. The van der Waals surface area contributed by atoms with E-state index in [1.807, 2.05) is 61.8 Å². The summed E-state index contributed by atoms with van der Waals surface area (Å²) in [6, 6.07) is 28.6. The zero-order valence-corrected chi connectivity index (χ0v) is 18.6. The van der Waals surface area contributed by atoms with Gasteiger partial charge in [0.15, 0.2) is 0 Å². The number of nitrogens with zero attached hydrogens (tertiary/aromatic N) is 2. The molecule has 0 radical (unpaired) electrons. The maximum atomic E-state index is 9.10. The van der Waals surface area contributed by atoms with Gasteiger partial charge in [-0.3, -0.25) is 0 Å². The fraction of sp³-hybridized carbons (Fsp3) is 0.115. The molecule has 0 fully saturated rings. The summed E-state index contributed by atoms with van der Waals surface area (Å²) in [4.78, 5) is 22.7. The van der Waals surface area contributed by atoms with Gasteiger partial charge in [-0.2, -0.15) is 0 Å². The summed E-state index contributed by atoms with van der Waals surface area (Å²) in [6.45, 7) is 1.28. The third-order valence-corrected chi connectivity index (χ3v) is 4.86. The van der Waals surface area contributed by atoms with Gasteiger partial charge in [-0.1, -0.05) is 72.8 Å². The van der Waals surface area contributed by atoms with E-state index >= 15 is 0 Å². The monoisotopic (exact) mass is 459 g/mol. The maximum Gasteiger partial charge on any atom is 0.414 e. The van der Waals surface area contributed by atoms with Crippen molar-refractivity contribution in [3.8, 4) is 17.0 Å². The molecule has 0 atom stereocenters. The number of nitrogens with one attached hydrogen (secondary N) is 1. The molecule has 3 N–H and O–H groups in total. The fourth-order valence-electron chi connectivity index (χ4n) is 3.08. The Morgan fingerprint density at radius 3 is 2.03 bits per heavy atom. The van der Waals surface area contributed by atoms with Gasteiger partial charge in [-0.15, -0.1) is 0 Å². The second-order valence-electron chi connectivity index (χ2n) is 7.27. The molecule has 0 spiro atoms. The van der Waals surface area contributed by atoms with Gasteiger partial charge in [0.1, 0.15) is 12.4 Å². The number of carbonyl (C=O) groups is 2. The molecule has 8 nitrogen and oxygen atoms in total. The molecule has 0 aliphatic carbocycles. The number of anilines is 1. The minimum absolute atomic E-state index is 0.577. The lowest BCUT2D eigenvalue weighted by Crippen LogP contribution is -2.09. The number of carboxylic acids is 2. The van der Waals surface area contributed by atoms with E-state index in [2.05, 4.69) is 51.3 Å². The molecule has 4 rings (SSSR count). The van der Waals surface area contributed by atoms with E-state index in [0.717, 1.165) is 28.5 Å². The Kier molecular flexibility index (Phi) is 8.40. The Morgan fingerprint density at radius 1 is 0.853 bits per heavy atom. The van der Waals surface area contributed by atoms with Crippen molar-refractivity contribution < 1.29 is 24.5 Å². The molecule has 0 unspecified atom stereocenters. The zero-order chi connectivity index (χ0) is 24.3. The molecule has 3 aromatic carbocycles. The Morgan fingerprint density at radius 2 is 1.44 bits per heavy atom. The second-order valence-corrected chi connectivity index (χ2v) is 7.27. The third kappa shape index (κ3) is 6.96. The van der Waals surface area contributed by atoms with Crippen LogP contribution >= 0.6 is 0 Å². The maximum absolute atomic E-state index is 9.10. The highest BCUT2D eigenvalue weighted by Crippen LogP contribution is 2.22. The number of imidazole rings is 1. The molecule has 1 aromatic heterocycles. The Bertz CT molecular complexity index is 1190. The van der Waals surface area contributed by atoms with Crippen LogP contribution in [0.5, 0.6) is 5.75 Å². The number of rotatable bonds is 7. The summed E-state index contributed by atoms with van der Waals surface area (Å²) in [5.74, 6) is -1.93. The number of hydrogen-bond acceptors (Lipinski definition) is 5. The average molecular weight is 460 g/mol. The summed E-state index contributed by atoms with van der Waals surface area (Å²) in [7, 11) is 2.03. The van der Waals surface area contributed by atoms with Crippen LogP contribution in [0.1, 0.15) is 11.1 Å². The molecule has 0 aliphatic rings. The first kappa shape index (κ1) is 24.1. The van der Waals surface area contributed by atoms with E-state index < -0.39 is 11.9 Å². The minimum Gasteiger partial charge on any atom is -0.489 e. The SMILES string of the molecule is Cn1c(-c2ccccc2)cnc1NCc1ccc(OCc2ccccc2)cc1.O=C(O)C(=O)O. The highest BCUT2D eigenvalue weighted by Gasteiger charge is 2.08. The fourth-order valence-corrected chi connectivity index (χ4v) is 3.08. The Balaban J connectivity index is 0.000000481. The van der Waals surface area contributed by atoms with Gasteiger partial charge in [-0.25, -0.2) is 14.6 Å². The quantitative estimate of drug-likeness (QED) is 0.350.